The normalized spacial score (nSPS) is 9.21. The minimum atomic E-state index is 0. The minimum Gasteiger partial charge on any atom is -0.465 e. The van der Waals surface area contributed by atoms with Crippen molar-refractivity contribution in [3.8, 4) is 63.0 Å². The molecule has 0 aliphatic carbocycles. The molecule has 12 heterocycles. The minimum absolute atomic E-state index is 0. The van der Waals surface area contributed by atoms with E-state index in [0.717, 1.165) is 22.8 Å². The molecule has 0 atom stereocenters. The maximum absolute atomic E-state index is 4.80. The number of pyridine rings is 6. The summed E-state index contributed by atoms with van der Waals surface area (Å²) in [7, 11) is 7.23. The van der Waals surface area contributed by atoms with Crippen LogP contribution in [0.4, 0.5) is 0 Å². The molecule has 0 unspecified atom stereocenters. The van der Waals surface area contributed by atoms with Gasteiger partial charge in [0, 0.05) is 165 Å². The van der Waals surface area contributed by atoms with Crippen LogP contribution in [0, 0.1) is 36.4 Å². The first kappa shape index (κ1) is 67.7. The van der Waals surface area contributed by atoms with Crippen molar-refractivity contribution in [1.29, 1.82) is 0 Å². The van der Waals surface area contributed by atoms with Crippen LogP contribution >= 0.6 is 0 Å². The quantitative estimate of drug-likeness (QED) is 0.205. The zero-order valence-electron chi connectivity index (χ0n) is 39.8. The smallest absolute Gasteiger partial charge is 0.167 e. The molecule has 0 fully saturated rings. The standard InChI is InChI=1S/C9H8N3.2C8H7N4.C8H5N2O.C7H6N5.C7H5N4.6Ir/c1-12-7-5-9(11-12)8-4-2-3-6-10-8;1-12-6-10-8(11-12)7-4-2-3-5-9-7;1-12-6-8(10-11-12)7-4-2-3-5-9-7;1-2-4-9-7(3-1)8-5-11-6-10-8;1-12-10-7(9-11-12)6-4-2-3-5-8-6;1-2-4-8-7(3-1)11-6-5-9-10-11;;;;;;/h2-3,5-7H,1H3;2*2-3,5-6H,1H3;1-2,4-6H;2-3,5H,1H3;1-2,4-6H;;;;;;/q6*-1;;;;;;. The largest absolute Gasteiger partial charge is 0.465 e. The van der Waals surface area contributed by atoms with Crippen molar-refractivity contribution in [1.82, 2.24) is 110 Å². The first-order valence-corrected chi connectivity index (χ1v) is 20.6. The molecule has 0 spiro atoms. The van der Waals surface area contributed by atoms with Gasteiger partial charge in [-0.1, -0.05) is 27.9 Å². The van der Waals surface area contributed by atoms with Gasteiger partial charge < -0.3 is 4.42 Å². The van der Waals surface area contributed by atoms with E-state index in [0.29, 0.717) is 40.2 Å². The van der Waals surface area contributed by atoms with E-state index in [1.165, 1.54) is 11.2 Å². The van der Waals surface area contributed by atoms with Gasteiger partial charge >= 0.3 is 0 Å². The van der Waals surface area contributed by atoms with Gasteiger partial charge in [0.15, 0.2) is 6.39 Å². The van der Waals surface area contributed by atoms with E-state index in [9.17, 15) is 0 Å². The van der Waals surface area contributed by atoms with Gasteiger partial charge in [-0.3, -0.25) is 53.9 Å². The van der Waals surface area contributed by atoms with E-state index < -0.39 is 0 Å². The van der Waals surface area contributed by atoms with Gasteiger partial charge in [-0.15, -0.1) is 35.4 Å². The second-order valence-electron chi connectivity index (χ2n) is 13.5. The summed E-state index contributed by atoms with van der Waals surface area (Å²) < 4.78 is 11.4. The molecule has 0 bridgehead atoms. The van der Waals surface area contributed by atoms with E-state index >= 15 is 0 Å². The number of rotatable bonds is 6. The molecule has 0 aromatic carbocycles. The zero-order valence-corrected chi connectivity index (χ0v) is 54.1. The Labute approximate surface area is 517 Å². The van der Waals surface area contributed by atoms with Gasteiger partial charge in [-0.2, -0.15) is 86.8 Å². The Morgan fingerprint density at radius 2 is 0.947 bits per heavy atom. The molecule has 0 N–H and O–H groups in total. The summed E-state index contributed by atoms with van der Waals surface area (Å²) in [6.45, 7) is 0. The fraction of sp³-hybridized carbons (Fsp3) is 0.0851. The predicted octanol–water partition coefficient (Wildman–Crippen LogP) is 4.69. The van der Waals surface area contributed by atoms with Gasteiger partial charge in [0.1, 0.15) is 5.82 Å². The van der Waals surface area contributed by atoms with E-state index in [1.54, 1.807) is 137 Å². The Balaban J connectivity index is 0.000000449. The summed E-state index contributed by atoms with van der Waals surface area (Å²) in [5.74, 6) is 1.77. The molecule has 402 valence electrons. The fourth-order valence-electron chi connectivity index (χ4n) is 5.21. The Hall–Kier alpha value is -6.29. The molecular formula is C47H38Ir6N22O-6. The number of aromatic nitrogens is 22. The van der Waals surface area contributed by atoms with Crippen LogP contribution < -0.4 is 0 Å². The van der Waals surface area contributed by atoms with Gasteiger partial charge in [0.25, 0.3) is 0 Å². The molecular weight excluding hydrogens is 2040 g/mol. The third kappa shape index (κ3) is 22.5. The molecule has 12 aromatic heterocycles. The number of hydrogen-bond donors (Lipinski definition) is 0. The van der Waals surface area contributed by atoms with Gasteiger partial charge in [0.05, 0.1) is 43.7 Å². The molecule has 0 saturated carbocycles. The zero-order chi connectivity index (χ0) is 48.6. The molecule has 12 rings (SSSR count). The van der Waals surface area contributed by atoms with E-state index in [-0.39, 0.29) is 121 Å². The molecule has 6 radical (unpaired) electrons. The maximum Gasteiger partial charge on any atom is 0.167 e. The number of tetrazole rings is 1. The molecule has 23 nitrogen and oxygen atoms in total. The van der Waals surface area contributed by atoms with E-state index in [4.69, 9.17) is 4.42 Å². The molecule has 0 amide bonds. The fourth-order valence-corrected chi connectivity index (χ4v) is 5.21. The third-order valence-corrected chi connectivity index (χ3v) is 8.27. The van der Waals surface area contributed by atoms with Crippen LogP contribution in [0.25, 0.3) is 63.0 Å². The van der Waals surface area contributed by atoms with Gasteiger partial charge in [-0.05, 0) is 65.7 Å². The van der Waals surface area contributed by atoms with Crippen LogP contribution in [0.1, 0.15) is 0 Å². The summed E-state index contributed by atoms with van der Waals surface area (Å²) in [5.41, 5.74) is 5.84. The molecule has 76 heavy (non-hydrogen) atoms. The van der Waals surface area contributed by atoms with Crippen molar-refractivity contribution in [2.75, 3.05) is 0 Å². The Morgan fingerprint density at radius 1 is 0.421 bits per heavy atom. The van der Waals surface area contributed by atoms with E-state index in [1.807, 2.05) is 63.7 Å². The second kappa shape index (κ2) is 37.5. The molecule has 12 aromatic rings. The van der Waals surface area contributed by atoms with Gasteiger partial charge in [0.2, 0.25) is 0 Å². The third-order valence-electron chi connectivity index (χ3n) is 8.27. The van der Waals surface area contributed by atoms with Crippen LogP contribution in [-0.2, 0) is 149 Å². The van der Waals surface area contributed by atoms with Gasteiger partial charge in [-0.25, -0.2) is 27.0 Å². The number of aryl methyl sites for hydroxylation is 4. The second-order valence-corrected chi connectivity index (χ2v) is 13.5. The van der Waals surface area contributed by atoms with Crippen molar-refractivity contribution < 1.29 is 125 Å². The average molecular weight is 2080 g/mol. The van der Waals surface area contributed by atoms with E-state index in [2.05, 4.69) is 123 Å². The molecule has 29 heteroatoms. The van der Waals surface area contributed by atoms with Crippen molar-refractivity contribution in [2.24, 2.45) is 28.2 Å². The number of hydrogen-bond acceptors (Lipinski definition) is 18. The van der Waals surface area contributed by atoms with Crippen LogP contribution in [0.2, 0.25) is 0 Å². The average Bonchev–Trinajstić information content (AvgIpc) is 4.30. The summed E-state index contributed by atoms with van der Waals surface area (Å²) in [6, 6.07) is 41.2. The Bertz CT molecular complexity index is 2890. The Morgan fingerprint density at radius 3 is 1.34 bits per heavy atom. The number of oxazole rings is 1. The maximum atomic E-state index is 4.80. The topological polar surface area (TPSA) is 257 Å². The van der Waals surface area contributed by atoms with Crippen molar-refractivity contribution in [3.05, 3.63) is 196 Å². The SMILES string of the molecule is Cn1cc(-c2[c-]cccn2)nn1.Cn1ccc(-c2[c-]cccn2)n1.Cn1cnc(-c2[c-]cccn2)n1.Cn1nnc(-c2[c-]cccn2)n1.[Ir].[Ir].[Ir].[Ir].[Ir].[Ir].[c-]1cccnc1-c1cocn1.[c-]1cccnc1-n1ccnn1. The molecule has 0 saturated heterocycles. The molecule has 0 aliphatic heterocycles. The predicted molar refractivity (Wildman–Crippen MR) is 249 cm³/mol. The first-order valence-electron chi connectivity index (χ1n) is 20.6. The summed E-state index contributed by atoms with van der Waals surface area (Å²) in [5, 5.41) is 34.9. The summed E-state index contributed by atoms with van der Waals surface area (Å²) in [4.78, 5) is 33.7. The van der Waals surface area contributed by atoms with Crippen molar-refractivity contribution in [3.63, 3.8) is 0 Å². The van der Waals surface area contributed by atoms with Crippen molar-refractivity contribution >= 4 is 0 Å². The first-order chi connectivity index (χ1) is 34.4. The monoisotopic (exact) mass is 2080 g/mol. The van der Waals surface area contributed by atoms with Crippen LogP contribution in [0.15, 0.2) is 164 Å². The van der Waals surface area contributed by atoms with Crippen LogP contribution in [-0.4, -0.2) is 110 Å². The Kier molecular flexibility index (Phi) is 33.4. The summed E-state index contributed by atoms with van der Waals surface area (Å²) in [6.07, 6.45) is 21.8. The van der Waals surface area contributed by atoms with Crippen molar-refractivity contribution in [2.45, 2.75) is 0 Å². The van der Waals surface area contributed by atoms with Crippen LogP contribution in [0.5, 0.6) is 0 Å². The molecule has 0 aliphatic rings. The van der Waals surface area contributed by atoms with Crippen LogP contribution in [0.3, 0.4) is 0 Å². The number of nitrogens with zero attached hydrogens (tertiary/aromatic N) is 22. The summed E-state index contributed by atoms with van der Waals surface area (Å²) >= 11 is 0.